The van der Waals surface area contributed by atoms with Crippen molar-refractivity contribution in [1.29, 1.82) is 0 Å². The van der Waals surface area contributed by atoms with Crippen molar-refractivity contribution in [3.05, 3.63) is 52.1 Å². The zero-order valence-corrected chi connectivity index (χ0v) is 26.4. The van der Waals surface area contributed by atoms with Crippen LogP contribution < -0.4 is 10.1 Å². The van der Waals surface area contributed by atoms with Gasteiger partial charge in [-0.2, -0.15) is 0 Å². The number of phenols is 1. The average molecular weight is 538 g/mol. The molecule has 0 aliphatic heterocycles. The number of unbranched alkanes of at least 4 members (excludes halogenated alkanes) is 7. The first-order valence-electron chi connectivity index (χ1n) is 15.1. The number of anilines is 1. The first-order chi connectivity index (χ1) is 18.2. The molecule has 218 valence electrons. The summed E-state index contributed by atoms with van der Waals surface area (Å²) < 4.78 is 6.13. The maximum atomic E-state index is 12.9. The van der Waals surface area contributed by atoms with Gasteiger partial charge in [0, 0.05) is 12.1 Å². The van der Waals surface area contributed by atoms with Gasteiger partial charge in [-0.1, -0.05) is 106 Å². The van der Waals surface area contributed by atoms with Crippen molar-refractivity contribution in [2.75, 3.05) is 11.9 Å². The van der Waals surface area contributed by atoms with Crippen LogP contribution in [0, 0.1) is 13.8 Å². The number of rotatable bonds is 14. The van der Waals surface area contributed by atoms with Crippen LogP contribution in [0.4, 0.5) is 5.69 Å². The lowest BCUT2D eigenvalue weighted by Crippen LogP contribution is -2.18. The zero-order valence-electron chi connectivity index (χ0n) is 26.4. The van der Waals surface area contributed by atoms with Crippen LogP contribution in [0.15, 0.2) is 24.3 Å². The summed E-state index contributed by atoms with van der Waals surface area (Å²) in [6.45, 7) is 19.7. The highest BCUT2D eigenvalue weighted by molar-refractivity contribution is 5.91. The van der Waals surface area contributed by atoms with E-state index >= 15 is 0 Å². The topological polar surface area (TPSA) is 58.6 Å². The third-order valence-corrected chi connectivity index (χ3v) is 7.41. The molecule has 4 nitrogen and oxygen atoms in total. The highest BCUT2D eigenvalue weighted by Crippen LogP contribution is 2.40. The Morgan fingerprint density at radius 2 is 1.28 bits per heavy atom. The summed E-state index contributed by atoms with van der Waals surface area (Å²) >= 11 is 0. The molecule has 0 unspecified atom stereocenters. The number of nitrogens with one attached hydrogen (secondary N) is 1. The Bertz CT molecular complexity index is 1010. The maximum Gasteiger partial charge on any atom is 0.224 e. The summed E-state index contributed by atoms with van der Waals surface area (Å²) in [5, 5.41) is 14.1. The largest absolute Gasteiger partial charge is 0.507 e. The molecule has 2 N–H and O–H groups in total. The lowest BCUT2D eigenvalue weighted by molar-refractivity contribution is -0.116. The molecular weight excluding hydrogens is 482 g/mol. The van der Waals surface area contributed by atoms with E-state index in [2.05, 4.69) is 65.9 Å². The quantitative estimate of drug-likeness (QED) is 0.236. The summed E-state index contributed by atoms with van der Waals surface area (Å²) in [6, 6.07) is 8.13. The van der Waals surface area contributed by atoms with Crippen LogP contribution in [0.5, 0.6) is 11.5 Å². The van der Waals surface area contributed by atoms with Gasteiger partial charge >= 0.3 is 0 Å². The molecule has 2 aromatic carbocycles. The Morgan fingerprint density at radius 1 is 0.795 bits per heavy atom. The molecule has 4 heteroatoms. The molecule has 0 fully saturated rings. The number of aromatic hydroxyl groups is 1. The first-order valence-corrected chi connectivity index (χ1v) is 15.1. The Balaban J connectivity index is 1.94. The van der Waals surface area contributed by atoms with Gasteiger partial charge in [0.1, 0.15) is 11.5 Å². The van der Waals surface area contributed by atoms with Crippen molar-refractivity contribution in [1.82, 2.24) is 0 Å². The summed E-state index contributed by atoms with van der Waals surface area (Å²) in [6.07, 6.45) is 11.3. The summed E-state index contributed by atoms with van der Waals surface area (Å²) in [5.74, 6) is 1.30. The molecule has 0 atom stereocenters. The van der Waals surface area contributed by atoms with Crippen molar-refractivity contribution in [3.63, 3.8) is 0 Å². The number of phenolic OH excluding ortho intramolecular Hbond substituents is 1. The van der Waals surface area contributed by atoms with Crippen LogP contribution >= 0.6 is 0 Å². The number of carbonyl (C=O) groups is 1. The standard InChI is InChI=1S/C35H55NO3/c1-10-11-12-13-14-15-16-17-20-39-33-25(2)21-28(22-26(33)3)36-31(37)19-18-27-23-29(34(4,5)6)32(38)30(24-27)35(7,8)9/h21-24,38H,10-20H2,1-9H3,(H,36,37). The van der Waals surface area contributed by atoms with E-state index in [0.29, 0.717) is 18.6 Å². The number of aryl methyl sites for hydroxylation is 3. The Morgan fingerprint density at radius 3 is 1.77 bits per heavy atom. The molecule has 0 spiro atoms. The molecular formula is C35H55NO3. The molecule has 0 saturated heterocycles. The normalized spacial score (nSPS) is 12.0. The second-order valence-corrected chi connectivity index (χ2v) is 13.4. The smallest absolute Gasteiger partial charge is 0.224 e. The molecule has 0 radical (unpaired) electrons. The fraction of sp³-hybridized carbons (Fsp3) is 0.629. The molecule has 0 aliphatic carbocycles. The zero-order chi connectivity index (χ0) is 29.2. The van der Waals surface area contributed by atoms with Gasteiger partial charge < -0.3 is 15.2 Å². The second-order valence-electron chi connectivity index (χ2n) is 13.4. The van der Waals surface area contributed by atoms with E-state index in [0.717, 1.165) is 52.3 Å². The van der Waals surface area contributed by atoms with E-state index in [1.165, 1.54) is 44.9 Å². The van der Waals surface area contributed by atoms with Crippen molar-refractivity contribution >= 4 is 11.6 Å². The molecule has 0 aliphatic rings. The van der Waals surface area contributed by atoms with Gasteiger partial charge in [0.05, 0.1) is 6.61 Å². The molecule has 2 aromatic rings. The fourth-order valence-corrected chi connectivity index (χ4v) is 5.12. The van der Waals surface area contributed by atoms with E-state index in [1.54, 1.807) is 0 Å². The van der Waals surface area contributed by atoms with Crippen LogP contribution in [0.3, 0.4) is 0 Å². The van der Waals surface area contributed by atoms with Crippen molar-refractivity contribution in [2.45, 2.75) is 137 Å². The van der Waals surface area contributed by atoms with Gasteiger partial charge in [0.2, 0.25) is 5.91 Å². The molecule has 2 rings (SSSR count). The van der Waals surface area contributed by atoms with Crippen molar-refractivity contribution in [3.8, 4) is 11.5 Å². The lowest BCUT2D eigenvalue weighted by atomic mass is 9.78. The van der Waals surface area contributed by atoms with Gasteiger partial charge in [-0.15, -0.1) is 0 Å². The molecule has 0 bridgehead atoms. The van der Waals surface area contributed by atoms with E-state index in [9.17, 15) is 9.90 Å². The first kappa shape index (κ1) is 32.7. The molecule has 0 saturated carbocycles. The minimum absolute atomic E-state index is 0.0101. The van der Waals surface area contributed by atoms with Gasteiger partial charge in [0.15, 0.2) is 0 Å². The Hall–Kier alpha value is -2.49. The number of benzene rings is 2. The van der Waals surface area contributed by atoms with Crippen LogP contribution in [-0.4, -0.2) is 17.6 Å². The maximum absolute atomic E-state index is 12.9. The van der Waals surface area contributed by atoms with Crippen LogP contribution in [0.1, 0.15) is 134 Å². The average Bonchev–Trinajstić information content (AvgIpc) is 2.82. The van der Waals surface area contributed by atoms with Gasteiger partial charge in [-0.25, -0.2) is 0 Å². The number of amides is 1. The van der Waals surface area contributed by atoms with Crippen LogP contribution in [-0.2, 0) is 22.0 Å². The SMILES string of the molecule is CCCCCCCCCCOc1c(C)cc(NC(=O)CCc2cc(C(C)(C)C)c(O)c(C(C)(C)C)c2)cc1C. The molecule has 0 aromatic heterocycles. The van der Waals surface area contributed by atoms with Crippen molar-refractivity contribution < 1.29 is 14.6 Å². The predicted octanol–water partition coefficient (Wildman–Crippen LogP) is 9.69. The third kappa shape index (κ3) is 10.5. The Kier molecular flexibility index (Phi) is 12.4. The minimum Gasteiger partial charge on any atom is -0.507 e. The number of hydrogen-bond acceptors (Lipinski definition) is 3. The third-order valence-electron chi connectivity index (χ3n) is 7.41. The summed E-state index contributed by atoms with van der Waals surface area (Å²) in [5.41, 5.74) is 5.48. The van der Waals surface area contributed by atoms with Gasteiger partial charge in [-0.3, -0.25) is 4.79 Å². The van der Waals surface area contributed by atoms with Crippen molar-refractivity contribution in [2.24, 2.45) is 0 Å². The van der Waals surface area contributed by atoms with Gasteiger partial charge in [0.25, 0.3) is 0 Å². The fourth-order valence-electron chi connectivity index (χ4n) is 5.12. The second kappa shape index (κ2) is 14.8. The van der Waals surface area contributed by atoms with Crippen LogP contribution in [0.25, 0.3) is 0 Å². The highest BCUT2D eigenvalue weighted by atomic mass is 16.5. The summed E-state index contributed by atoms with van der Waals surface area (Å²) in [4.78, 5) is 12.9. The van der Waals surface area contributed by atoms with E-state index in [1.807, 2.05) is 26.0 Å². The number of ether oxygens (including phenoxy) is 1. The minimum atomic E-state index is -0.185. The van der Waals surface area contributed by atoms with E-state index < -0.39 is 0 Å². The lowest BCUT2D eigenvalue weighted by Gasteiger charge is -2.28. The molecule has 39 heavy (non-hydrogen) atoms. The molecule has 1 amide bonds. The highest BCUT2D eigenvalue weighted by Gasteiger charge is 2.26. The van der Waals surface area contributed by atoms with Crippen LogP contribution in [0.2, 0.25) is 0 Å². The number of hydrogen-bond donors (Lipinski definition) is 2. The summed E-state index contributed by atoms with van der Waals surface area (Å²) in [7, 11) is 0. The van der Waals surface area contributed by atoms with Gasteiger partial charge in [-0.05, 0) is 77.5 Å². The Labute approximate surface area is 239 Å². The van der Waals surface area contributed by atoms with E-state index in [-0.39, 0.29) is 16.7 Å². The predicted molar refractivity (Wildman–Crippen MR) is 166 cm³/mol. The number of carbonyl (C=O) groups excluding carboxylic acids is 1. The molecule has 0 heterocycles. The monoisotopic (exact) mass is 537 g/mol. The van der Waals surface area contributed by atoms with E-state index in [4.69, 9.17) is 4.74 Å².